The molecular formula is C25H23N3O3S. The number of esters is 1. The van der Waals surface area contributed by atoms with Gasteiger partial charge in [0.15, 0.2) is 0 Å². The van der Waals surface area contributed by atoms with E-state index in [-0.39, 0.29) is 11.8 Å². The Morgan fingerprint density at radius 2 is 1.72 bits per heavy atom. The van der Waals surface area contributed by atoms with Crippen molar-refractivity contribution < 1.29 is 14.3 Å². The van der Waals surface area contributed by atoms with Crippen molar-refractivity contribution >= 4 is 28.9 Å². The number of carbonyl (C=O) groups excluding carboxylic acids is 2. The number of hydrogen-bond donors (Lipinski definition) is 1. The average Bonchev–Trinajstić information content (AvgIpc) is 3.43. The normalized spacial score (nSPS) is 10.9. The van der Waals surface area contributed by atoms with Crippen LogP contribution in [0.4, 0.5) is 5.69 Å². The number of nitrogens with zero attached hydrogens (tertiary/aromatic N) is 2. The highest BCUT2D eigenvalue weighted by atomic mass is 32.1. The van der Waals surface area contributed by atoms with E-state index in [0.717, 1.165) is 22.5 Å². The van der Waals surface area contributed by atoms with Crippen molar-refractivity contribution in [1.82, 2.24) is 9.78 Å². The molecule has 0 fully saturated rings. The summed E-state index contributed by atoms with van der Waals surface area (Å²) >= 11 is 1.39. The van der Waals surface area contributed by atoms with Gasteiger partial charge in [-0.15, -0.1) is 11.3 Å². The summed E-state index contributed by atoms with van der Waals surface area (Å²) in [7, 11) is 0. The van der Waals surface area contributed by atoms with Gasteiger partial charge in [0.1, 0.15) is 0 Å². The number of benzene rings is 2. The second kappa shape index (κ2) is 9.20. The fourth-order valence-electron chi connectivity index (χ4n) is 3.39. The molecule has 2 aromatic carbocycles. The third kappa shape index (κ3) is 4.48. The van der Waals surface area contributed by atoms with E-state index in [9.17, 15) is 9.59 Å². The third-order valence-electron chi connectivity index (χ3n) is 4.83. The maximum atomic E-state index is 12.3. The molecule has 0 bridgehead atoms. The molecule has 162 valence electrons. The SMILES string of the molecule is CC(=O)Oc1c(-c2ccc(NC(=O)c3cccs3)cc2)c(C(C)C)nn1-c1ccccc1. The zero-order valence-corrected chi connectivity index (χ0v) is 18.8. The van der Waals surface area contributed by atoms with E-state index < -0.39 is 5.97 Å². The van der Waals surface area contributed by atoms with Gasteiger partial charge in [-0.3, -0.25) is 9.59 Å². The lowest BCUT2D eigenvalue weighted by atomic mass is 9.99. The first kappa shape index (κ1) is 21.5. The van der Waals surface area contributed by atoms with Crippen molar-refractivity contribution in [3.63, 3.8) is 0 Å². The number of hydrogen-bond acceptors (Lipinski definition) is 5. The number of aromatic nitrogens is 2. The smallest absolute Gasteiger partial charge is 0.309 e. The molecule has 0 atom stereocenters. The van der Waals surface area contributed by atoms with E-state index in [1.54, 1.807) is 10.7 Å². The largest absolute Gasteiger partial charge is 0.407 e. The first-order valence-electron chi connectivity index (χ1n) is 10.3. The van der Waals surface area contributed by atoms with Crippen molar-refractivity contribution in [1.29, 1.82) is 0 Å². The van der Waals surface area contributed by atoms with Gasteiger partial charge in [0.2, 0.25) is 5.88 Å². The third-order valence-corrected chi connectivity index (χ3v) is 5.70. The summed E-state index contributed by atoms with van der Waals surface area (Å²) in [6, 6.07) is 20.7. The second-order valence-electron chi connectivity index (χ2n) is 7.57. The van der Waals surface area contributed by atoms with Gasteiger partial charge in [0, 0.05) is 12.6 Å². The lowest BCUT2D eigenvalue weighted by Crippen LogP contribution is -2.10. The Morgan fingerprint density at radius 3 is 2.31 bits per heavy atom. The Hall–Kier alpha value is -3.71. The molecule has 4 aromatic rings. The molecule has 0 aliphatic heterocycles. The molecule has 0 aliphatic rings. The molecule has 4 rings (SSSR count). The molecule has 1 N–H and O–H groups in total. The van der Waals surface area contributed by atoms with Gasteiger partial charge in [-0.05, 0) is 47.2 Å². The van der Waals surface area contributed by atoms with Crippen LogP contribution in [0.25, 0.3) is 16.8 Å². The molecule has 0 unspecified atom stereocenters. The van der Waals surface area contributed by atoms with Crippen LogP contribution >= 0.6 is 11.3 Å². The average molecular weight is 446 g/mol. The van der Waals surface area contributed by atoms with Crippen LogP contribution in [0.15, 0.2) is 72.1 Å². The molecule has 0 saturated heterocycles. The molecule has 2 aromatic heterocycles. The lowest BCUT2D eigenvalue weighted by Gasteiger charge is -2.11. The Kier molecular flexibility index (Phi) is 6.18. The van der Waals surface area contributed by atoms with Gasteiger partial charge in [-0.25, -0.2) is 0 Å². The van der Waals surface area contributed by atoms with Gasteiger partial charge in [0.25, 0.3) is 5.91 Å². The second-order valence-corrected chi connectivity index (χ2v) is 8.52. The predicted molar refractivity (Wildman–Crippen MR) is 127 cm³/mol. The minimum atomic E-state index is -0.418. The number of carbonyl (C=O) groups is 2. The fraction of sp³-hybridized carbons (Fsp3) is 0.160. The fourth-order valence-corrected chi connectivity index (χ4v) is 4.01. The molecule has 0 aliphatic carbocycles. The topological polar surface area (TPSA) is 73.2 Å². The molecular weight excluding hydrogens is 422 g/mol. The maximum Gasteiger partial charge on any atom is 0.309 e. The van der Waals surface area contributed by atoms with Crippen LogP contribution in [-0.4, -0.2) is 21.7 Å². The van der Waals surface area contributed by atoms with E-state index in [0.29, 0.717) is 16.4 Å². The Labute approximate surface area is 190 Å². The highest BCUT2D eigenvalue weighted by Gasteiger charge is 2.25. The van der Waals surface area contributed by atoms with Gasteiger partial charge in [-0.1, -0.05) is 50.2 Å². The minimum absolute atomic E-state index is 0.0995. The van der Waals surface area contributed by atoms with Crippen molar-refractivity contribution in [3.8, 4) is 22.7 Å². The van der Waals surface area contributed by atoms with Gasteiger partial charge in [0.05, 0.1) is 21.8 Å². The lowest BCUT2D eigenvalue weighted by molar-refractivity contribution is -0.132. The highest BCUT2D eigenvalue weighted by Crippen LogP contribution is 2.39. The van der Waals surface area contributed by atoms with Crippen molar-refractivity contribution in [3.05, 3.63) is 82.7 Å². The van der Waals surface area contributed by atoms with Crippen LogP contribution in [0, 0.1) is 0 Å². The number of amides is 1. The first-order valence-corrected chi connectivity index (χ1v) is 11.1. The number of para-hydroxylation sites is 1. The molecule has 0 saturated carbocycles. The van der Waals surface area contributed by atoms with E-state index in [1.807, 2.05) is 79.9 Å². The number of anilines is 1. The van der Waals surface area contributed by atoms with Crippen LogP contribution < -0.4 is 10.1 Å². The molecule has 0 spiro atoms. The quantitative estimate of drug-likeness (QED) is 0.375. The van der Waals surface area contributed by atoms with Crippen LogP contribution in [0.5, 0.6) is 5.88 Å². The predicted octanol–water partition coefficient (Wildman–Crippen LogP) is 5.90. The van der Waals surface area contributed by atoms with E-state index >= 15 is 0 Å². The zero-order valence-electron chi connectivity index (χ0n) is 18.0. The minimum Gasteiger partial charge on any atom is -0.407 e. The first-order chi connectivity index (χ1) is 15.4. The molecule has 32 heavy (non-hydrogen) atoms. The monoisotopic (exact) mass is 445 g/mol. The van der Waals surface area contributed by atoms with Gasteiger partial charge in [-0.2, -0.15) is 9.78 Å². The summed E-state index contributed by atoms with van der Waals surface area (Å²) in [5.41, 5.74) is 3.91. The van der Waals surface area contributed by atoms with Crippen LogP contribution in [0.2, 0.25) is 0 Å². The number of nitrogens with one attached hydrogen (secondary N) is 1. The standard InChI is InChI=1S/C25H23N3O3S/c1-16(2)23-22(25(31-17(3)29)28(27-23)20-8-5-4-6-9-20)18-11-13-19(14-12-18)26-24(30)21-10-7-15-32-21/h4-16H,1-3H3,(H,26,30). The van der Waals surface area contributed by atoms with Gasteiger partial charge >= 0.3 is 5.97 Å². The van der Waals surface area contributed by atoms with Crippen molar-refractivity contribution in [2.24, 2.45) is 0 Å². The van der Waals surface area contributed by atoms with E-state index in [2.05, 4.69) is 5.32 Å². The number of ether oxygens (including phenoxy) is 1. The molecule has 0 radical (unpaired) electrons. The summed E-state index contributed by atoms with van der Waals surface area (Å²) < 4.78 is 7.32. The molecule has 1 amide bonds. The summed E-state index contributed by atoms with van der Waals surface area (Å²) in [6.07, 6.45) is 0. The zero-order chi connectivity index (χ0) is 22.7. The maximum absolute atomic E-state index is 12.3. The Balaban J connectivity index is 1.75. The molecule has 2 heterocycles. The van der Waals surface area contributed by atoms with E-state index in [4.69, 9.17) is 9.84 Å². The van der Waals surface area contributed by atoms with Crippen molar-refractivity contribution in [2.75, 3.05) is 5.32 Å². The van der Waals surface area contributed by atoms with Crippen molar-refractivity contribution in [2.45, 2.75) is 26.7 Å². The van der Waals surface area contributed by atoms with E-state index in [1.165, 1.54) is 18.3 Å². The highest BCUT2D eigenvalue weighted by molar-refractivity contribution is 7.12. The Bertz CT molecular complexity index is 1230. The van der Waals surface area contributed by atoms with Crippen LogP contribution in [0.1, 0.15) is 42.1 Å². The summed E-state index contributed by atoms with van der Waals surface area (Å²) in [4.78, 5) is 24.9. The van der Waals surface area contributed by atoms with Crippen LogP contribution in [0.3, 0.4) is 0 Å². The van der Waals surface area contributed by atoms with Gasteiger partial charge < -0.3 is 10.1 Å². The van der Waals surface area contributed by atoms with Crippen LogP contribution in [-0.2, 0) is 4.79 Å². The molecule has 6 nitrogen and oxygen atoms in total. The Morgan fingerprint density at radius 1 is 1.00 bits per heavy atom. The number of rotatable bonds is 6. The summed E-state index contributed by atoms with van der Waals surface area (Å²) in [5.74, 6) is -0.0863. The summed E-state index contributed by atoms with van der Waals surface area (Å²) in [6.45, 7) is 5.48. The number of thiophene rings is 1. The summed E-state index contributed by atoms with van der Waals surface area (Å²) in [5, 5.41) is 9.56. The molecule has 7 heteroatoms.